The molecule has 0 N–H and O–H groups in total. The normalized spacial score (nSPS) is 14.2. The van der Waals surface area contributed by atoms with E-state index in [1.165, 1.54) is 4.90 Å². The predicted molar refractivity (Wildman–Crippen MR) is 149 cm³/mol. The minimum Gasteiger partial charge on any atom is -0.490 e. The van der Waals surface area contributed by atoms with E-state index in [4.69, 9.17) is 9.47 Å². The largest absolute Gasteiger partial charge is 0.490 e. The quantitative estimate of drug-likeness (QED) is 0.235. The van der Waals surface area contributed by atoms with Crippen LogP contribution in [0.25, 0.3) is 16.8 Å². The summed E-state index contributed by atoms with van der Waals surface area (Å²) in [6, 6.07) is 28.7. The summed E-state index contributed by atoms with van der Waals surface area (Å²) in [6.45, 7) is 2.74. The SMILES string of the molecule is CCOc1cc(/C=C2\SC(=O)N(Cc3ccc4ccccc4c3)C2=O)ccc1OCc1ccccc1C#N. The van der Waals surface area contributed by atoms with E-state index < -0.39 is 0 Å². The van der Waals surface area contributed by atoms with Crippen LogP contribution in [0.2, 0.25) is 0 Å². The Balaban J connectivity index is 1.33. The second-order valence-corrected chi connectivity index (χ2v) is 9.64. The van der Waals surface area contributed by atoms with Gasteiger partial charge in [0.15, 0.2) is 11.5 Å². The van der Waals surface area contributed by atoms with E-state index >= 15 is 0 Å². The van der Waals surface area contributed by atoms with Gasteiger partial charge in [-0.05, 0) is 70.9 Å². The standard InChI is InChI=1S/C31H24N2O4S/c1-2-36-28-16-21(12-14-27(28)37-20-26-10-6-5-9-25(26)18-32)17-29-30(34)33(31(35)38-29)19-22-11-13-23-7-3-4-8-24(23)15-22/h3-17H,2,19-20H2,1H3/b29-17-. The molecule has 2 amide bonds. The monoisotopic (exact) mass is 520 g/mol. The van der Waals surface area contributed by atoms with Gasteiger partial charge in [-0.3, -0.25) is 14.5 Å². The van der Waals surface area contributed by atoms with Crippen LogP contribution < -0.4 is 9.47 Å². The first kappa shape index (κ1) is 25.1. The Bertz CT molecular complexity index is 1610. The minimum absolute atomic E-state index is 0.216. The van der Waals surface area contributed by atoms with Gasteiger partial charge in [0.05, 0.1) is 29.7 Å². The number of nitrogens with zero attached hydrogens (tertiary/aromatic N) is 2. The van der Waals surface area contributed by atoms with Crippen LogP contribution in [0, 0.1) is 11.3 Å². The molecule has 0 aliphatic carbocycles. The topological polar surface area (TPSA) is 79.6 Å². The molecular weight excluding hydrogens is 496 g/mol. The fraction of sp³-hybridized carbons (Fsp3) is 0.129. The summed E-state index contributed by atoms with van der Waals surface area (Å²) in [4.78, 5) is 27.5. The van der Waals surface area contributed by atoms with Crippen LogP contribution in [-0.2, 0) is 17.9 Å². The van der Waals surface area contributed by atoms with Gasteiger partial charge in [-0.25, -0.2) is 0 Å². The Morgan fingerprint density at radius 2 is 1.68 bits per heavy atom. The third-order valence-electron chi connectivity index (χ3n) is 6.11. The molecule has 0 spiro atoms. The summed E-state index contributed by atoms with van der Waals surface area (Å²) in [5.74, 6) is 0.729. The van der Waals surface area contributed by atoms with Gasteiger partial charge in [-0.15, -0.1) is 0 Å². The molecule has 0 atom stereocenters. The number of thioether (sulfide) groups is 1. The van der Waals surface area contributed by atoms with Crippen molar-refractivity contribution < 1.29 is 19.1 Å². The molecule has 0 unspecified atom stereocenters. The summed E-state index contributed by atoms with van der Waals surface area (Å²) >= 11 is 0.930. The molecule has 0 bridgehead atoms. The van der Waals surface area contributed by atoms with Gasteiger partial charge >= 0.3 is 0 Å². The smallest absolute Gasteiger partial charge is 0.293 e. The van der Waals surface area contributed by atoms with Crippen molar-refractivity contribution in [3.05, 3.63) is 112 Å². The number of amides is 2. The van der Waals surface area contributed by atoms with Crippen molar-refractivity contribution in [1.29, 1.82) is 5.26 Å². The van der Waals surface area contributed by atoms with Crippen LogP contribution in [0.1, 0.15) is 29.2 Å². The zero-order valence-electron chi connectivity index (χ0n) is 20.7. The number of rotatable bonds is 8. The molecule has 1 aliphatic heterocycles. The van der Waals surface area contributed by atoms with Crippen LogP contribution >= 0.6 is 11.8 Å². The van der Waals surface area contributed by atoms with Crippen molar-refractivity contribution in [3.63, 3.8) is 0 Å². The van der Waals surface area contributed by atoms with E-state index in [1.807, 2.05) is 73.7 Å². The van der Waals surface area contributed by atoms with E-state index in [9.17, 15) is 14.9 Å². The highest BCUT2D eigenvalue weighted by atomic mass is 32.2. The second-order valence-electron chi connectivity index (χ2n) is 8.65. The lowest BCUT2D eigenvalue weighted by atomic mass is 10.1. The second kappa shape index (κ2) is 11.2. The molecule has 188 valence electrons. The number of fused-ring (bicyclic) bond motifs is 1. The van der Waals surface area contributed by atoms with Gasteiger partial charge in [0, 0.05) is 5.56 Å². The predicted octanol–water partition coefficient (Wildman–Crippen LogP) is 6.93. The zero-order chi connectivity index (χ0) is 26.5. The number of benzene rings is 4. The van der Waals surface area contributed by atoms with Crippen molar-refractivity contribution in [2.45, 2.75) is 20.1 Å². The first-order valence-corrected chi connectivity index (χ1v) is 13.0. The molecule has 0 aromatic heterocycles. The number of imide groups is 1. The number of carbonyl (C=O) groups excluding carboxylic acids is 2. The molecule has 0 saturated carbocycles. The molecule has 1 fully saturated rings. The summed E-state index contributed by atoms with van der Waals surface area (Å²) < 4.78 is 11.7. The summed E-state index contributed by atoms with van der Waals surface area (Å²) in [5, 5.41) is 11.2. The maximum absolute atomic E-state index is 13.1. The Kier molecular flexibility index (Phi) is 7.43. The fourth-order valence-electron chi connectivity index (χ4n) is 4.22. The number of hydrogen-bond donors (Lipinski definition) is 0. The molecular formula is C31H24N2O4S. The van der Waals surface area contributed by atoms with E-state index in [0.717, 1.165) is 39.2 Å². The van der Waals surface area contributed by atoms with Crippen LogP contribution in [0.15, 0.2) is 89.8 Å². The zero-order valence-corrected chi connectivity index (χ0v) is 21.5. The molecule has 1 aliphatic rings. The molecule has 4 aromatic rings. The molecule has 4 aromatic carbocycles. The van der Waals surface area contributed by atoms with Crippen LogP contribution in [-0.4, -0.2) is 22.7 Å². The molecule has 6 nitrogen and oxygen atoms in total. The van der Waals surface area contributed by atoms with Gasteiger partial charge < -0.3 is 9.47 Å². The van der Waals surface area contributed by atoms with Crippen LogP contribution in [0.3, 0.4) is 0 Å². The van der Waals surface area contributed by atoms with E-state index in [1.54, 1.807) is 24.3 Å². The van der Waals surface area contributed by atoms with Gasteiger partial charge in [-0.2, -0.15) is 5.26 Å². The molecule has 38 heavy (non-hydrogen) atoms. The van der Waals surface area contributed by atoms with E-state index in [0.29, 0.717) is 28.6 Å². The van der Waals surface area contributed by atoms with Crippen molar-refractivity contribution in [1.82, 2.24) is 4.90 Å². The average Bonchev–Trinajstić information content (AvgIpc) is 3.20. The van der Waals surface area contributed by atoms with Gasteiger partial charge in [0.1, 0.15) is 6.61 Å². The first-order valence-electron chi connectivity index (χ1n) is 12.2. The highest BCUT2D eigenvalue weighted by molar-refractivity contribution is 8.18. The van der Waals surface area contributed by atoms with Gasteiger partial charge in [-0.1, -0.05) is 60.7 Å². The highest BCUT2D eigenvalue weighted by Crippen LogP contribution is 2.36. The number of ether oxygens (including phenoxy) is 2. The number of hydrogen-bond acceptors (Lipinski definition) is 6. The van der Waals surface area contributed by atoms with Gasteiger partial charge in [0.2, 0.25) is 0 Å². The Morgan fingerprint density at radius 1 is 0.895 bits per heavy atom. The van der Waals surface area contributed by atoms with Crippen LogP contribution in [0.4, 0.5) is 4.79 Å². The third kappa shape index (κ3) is 5.41. The fourth-order valence-corrected chi connectivity index (χ4v) is 5.06. The van der Waals surface area contributed by atoms with Crippen molar-refractivity contribution in [2.75, 3.05) is 6.61 Å². The van der Waals surface area contributed by atoms with Crippen molar-refractivity contribution >= 4 is 39.8 Å². The maximum Gasteiger partial charge on any atom is 0.293 e. The third-order valence-corrected chi connectivity index (χ3v) is 7.02. The number of carbonyl (C=O) groups is 2. The Morgan fingerprint density at radius 3 is 2.50 bits per heavy atom. The summed E-state index contributed by atoms with van der Waals surface area (Å²) in [5.41, 5.74) is 2.95. The minimum atomic E-state index is -0.320. The van der Waals surface area contributed by atoms with E-state index in [-0.39, 0.29) is 24.3 Å². The Labute approximate surface area is 225 Å². The van der Waals surface area contributed by atoms with Crippen molar-refractivity contribution in [2.24, 2.45) is 0 Å². The highest BCUT2D eigenvalue weighted by Gasteiger charge is 2.35. The van der Waals surface area contributed by atoms with Gasteiger partial charge in [0.25, 0.3) is 11.1 Å². The molecule has 5 rings (SSSR count). The maximum atomic E-state index is 13.1. The summed E-state index contributed by atoms with van der Waals surface area (Å²) in [6.07, 6.45) is 1.70. The summed E-state index contributed by atoms with van der Waals surface area (Å²) in [7, 11) is 0. The van der Waals surface area contributed by atoms with Crippen molar-refractivity contribution in [3.8, 4) is 17.6 Å². The molecule has 7 heteroatoms. The van der Waals surface area contributed by atoms with Crippen LogP contribution in [0.5, 0.6) is 11.5 Å². The number of nitriles is 1. The Hall–Kier alpha value is -4.54. The lowest BCUT2D eigenvalue weighted by Crippen LogP contribution is -2.27. The molecule has 1 saturated heterocycles. The molecule has 0 radical (unpaired) electrons. The first-order chi connectivity index (χ1) is 18.6. The molecule has 1 heterocycles. The average molecular weight is 521 g/mol. The van der Waals surface area contributed by atoms with E-state index in [2.05, 4.69) is 6.07 Å². The lowest BCUT2D eigenvalue weighted by Gasteiger charge is -2.14. The lowest BCUT2D eigenvalue weighted by molar-refractivity contribution is -0.123.